The van der Waals surface area contributed by atoms with Gasteiger partial charge in [-0.1, -0.05) is 30.0 Å². The molecule has 170 valence electrons. The number of nitrogens with zero attached hydrogens (tertiary/aromatic N) is 1. The minimum atomic E-state index is -3.75. The van der Waals surface area contributed by atoms with Crippen LogP contribution in [0.2, 0.25) is 0 Å². The summed E-state index contributed by atoms with van der Waals surface area (Å²) in [4.78, 5) is 11.1. The van der Waals surface area contributed by atoms with Gasteiger partial charge in [0.15, 0.2) is 0 Å². The van der Waals surface area contributed by atoms with Crippen molar-refractivity contribution in [3.63, 3.8) is 0 Å². The number of carbonyl (C=O) groups is 1. The second-order valence-electron chi connectivity index (χ2n) is 7.51. The number of piperidine rings is 1. The van der Waals surface area contributed by atoms with Crippen LogP contribution >= 0.6 is 0 Å². The molecule has 0 radical (unpaired) electrons. The van der Waals surface area contributed by atoms with Crippen LogP contribution in [0.15, 0.2) is 48.5 Å². The quantitative estimate of drug-likeness (QED) is 0.646. The van der Waals surface area contributed by atoms with Gasteiger partial charge in [0, 0.05) is 18.7 Å². The number of methoxy groups -OCH3 is 1. The van der Waals surface area contributed by atoms with Crippen molar-refractivity contribution in [2.75, 3.05) is 26.0 Å². The molecule has 1 amide bonds. The van der Waals surface area contributed by atoms with Crippen LogP contribution in [0.25, 0.3) is 0 Å². The SMILES string of the molecule is COc1ccc(C2CCN(S(=O)(=O)CC(C#Cc3cccc(F)c3)NC(=O)O)CC2)cc1. The van der Waals surface area contributed by atoms with E-state index >= 15 is 0 Å². The molecule has 32 heavy (non-hydrogen) atoms. The summed E-state index contributed by atoms with van der Waals surface area (Å²) in [7, 11) is -2.14. The molecule has 1 aliphatic rings. The van der Waals surface area contributed by atoms with Crippen LogP contribution in [0, 0.1) is 17.7 Å². The molecule has 9 heteroatoms. The van der Waals surface area contributed by atoms with Crippen LogP contribution in [0.1, 0.15) is 29.9 Å². The molecule has 1 unspecified atom stereocenters. The molecular formula is C23H25FN2O5S. The highest BCUT2D eigenvalue weighted by Crippen LogP contribution is 2.30. The average molecular weight is 461 g/mol. The number of nitrogens with one attached hydrogen (secondary N) is 1. The van der Waals surface area contributed by atoms with Gasteiger partial charge in [0.05, 0.1) is 12.9 Å². The molecule has 1 heterocycles. The first-order valence-electron chi connectivity index (χ1n) is 10.1. The molecule has 0 bridgehead atoms. The lowest BCUT2D eigenvalue weighted by atomic mass is 9.90. The lowest BCUT2D eigenvalue weighted by Gasteiger charge is -2.32. The number of sulfonamides is 1. The number of hydrogen-bond donors (Lipinski definition) is 2. The Morgan fingerprint density at radius 1 is 1.25 bits per heavy atom. The topological polar surface area (TPSA) is 95.9 Å². The zero-order chi connectivity index (χ0) is 23.1. The van der Waals surface area contributed by atoms with Crippen molar-refractivity contribution >= 4 is 16.1 Å². The van der Waals surface area contributed by atoms with Gasteiger partial charge in [-0.3, -0.25) is 0 Å². The average Bonchev–Trinajstić information content (AvgIpc) is 2.77. The third-order valence-corrected chi connectivity index (χ3v) is 7.23. The maximum Gasteiger partial charge on any atom is 0.405 e. The Bertz CT molecular complexity index is 1100. The molecule has 1 atom stereocenters. The molecule has 0 spiro atoms. The second-order valence-corrected chi connectivity index (χ2v) is 9.52. The van der Waals surface area contributed by atoms with Crippen LogP contribution in [0.5, 0.6) is 5.75 Å². The maximum atomic E-state index is 13.3. The summed E-state index contributed by atoms with van der Waals surface area (Å²) in [5.41, 5.74) is 1.47. The number of hydrogen-bond acceptors (Lipinski definition) is 4. The van der Waals surface area contributed by atoms with Gasteiger partial charge in [0.25, 0.3) is 0 Å². The molecule has 2 aromatic rings. The summed E-state index contributed by atoms with van der Waals surface area (Å²) in [6.45, 7) is 0.687. The van der Waals surface area contributed by atoms with Gasteiger partial charge in [-0.05, 0) is 54.7 Å². The van der Waals surface area contributed by atoms with Crippen molar-refractivity contribution < 1.29 is 27.4 Å². The number of benzene rings is 2. The van der Waals surface area contributed by atoms with Crippen LogP contribution < -0.4 is 10.1 Å². The first kappa shape index (κ1) is 23.6. The summed E-state index contributed by atoms with van der Waals surface area (Å²) >= 11 is 0. The fourth-order valence-electron chi connectivity index (χ4n) is 3.66. The smallest absolute Gasteiger partial charge is 0.405 e. The predicted octanol–water partition coefficient (Wildman–Crippen LogP) is 3.03. The maximum absolute atomic E-state index is 13.3. The minimum Gasteiger partial charge on any atom is -0.497 e. The number of halogens is 1. The van der Waals surface area contributed by atoms with E-state index < -0.39 is 33.7 Å². The highest BCUT2D eigenvalue weighted by Gasteiger charge is 2.31. The Morgan fingerprint density at radius 3 is 2.53 bits per heavy atom. The highest BCUT2D eigenvalue weighted by molar-refractivity contribution is 7.89. The van der Waals surface area contributed by atoms with E-state index in [1.165, 1.54) is 22.5 Å². The van der Waals surface area contributed by atoms with Gasteiger partial charge >= 0.3 is 6.09 Å². The number of ether oxygens (including phenoxy) is 1. The van der Waals surface area contributed by atoms with Crippen molar-refractivity contribution in [1.82, 2.24) is 9.62 Å². The summed E-state index contributed by atoms with van der Waals surface area (Å²) < 4.78 is 45.7. The van der Waals surface area contributed by atoms with E-state index in [-0.39, 0.29) is 5.92 Å². The number of amides is 1. The van der Waals surface area contributed by atoms with Crippen LogP contribution in [-0.4, -0.2) is 55.9 Å². The van der Waals surface area contributed by atoms with Gasteiger partial charge in [-0.2, -0.15) is 0 Å². The third kappa shape index (κ3) is 6.45. The van der Waals surface area contributed by atoms with Gasteiger partial charge in [0.2, 0.25) is 10.0 Å². The fourth-order valence-corrected chi connectivity index (χ4v) is 5.23. The van der Waals surface area contributed by atoms with Gasteiger partial charge < -0.3 is 15.2 Å². The monoisotopic (exact) mass is 460 g/mol. The van der Waals surface area contributed by atoms with Gasteiger partial charge in [-0.15, -0.1) is 0 Å². The number of carboxylic acid groups (broad SMARTS) is 1. The Kier molecular flexibility index (Phi) is 7.72. The standard InChI is InChI=1S/C23H25FN2O5S/c1-31-22-9-6-18(7-10-22)19-11-13-26(14-12-19)32(29,30)16-21(25-23(27)28)8-5-17-3-2-4-20(24)15-17/h2-4,6-7,9-10,15,19,21,25H,11-14,16H2,1H3,(H,27,28). The summed E-state index contributed by atoms with van der Waals surface area (Å²) in [6, 6.07) is 12.1. The lowest BCUT2D eigenvalue weighted by Crippen LogP contribution is -2.45. The molecule has 3 rings (SSSR count). The Morgan fingerprint density at radius 2 is 1.94 bits per heavy atom. The third-order valence-electron chi connectivity index (χ3n) is 5.32. The van der Waals surface area contributed by atoms with E-state index in [4.69, 9.17) is 9.84 Å². The van der Waals surface area contributed by atoms with Crippen molar-refractivity contribution in [3.8, 4) is 17.6 Å². The first-order valence-corrected chi connectivity index (χ1v) is 11.8. The van der Waals surface area contributed by atoms with E-state index in [1.807, 2.05) is 24.3 Å². The molecule has 0 aromatic heterocycles. The molecular weight excluding hydrogens is 435 g/mol. The minimum absolute atomic E-state index is 0.244. The van der Waals surface area contributed by atoms with Crippen molar-refractivity contribution in [2.45, 2.75) is 24.8 Å². The summed E-state index contributed by atoms with van der Waals surface area (Å²) in [5, 5.41) is 11.2. The van der Waals surface area contributed by atoms with Crippen molar-refractivity contribution in [3.05, 3.63) is 65.5 Å². The molecule has 1 aliphatic heterocycles. The largest absolute Gasteiger partial charge is 0.497 e. The number of rotatable bonds is 6. The second kappa shape index (κ2) is 10.5. The van der Waals surface area contributed by atoms with E-state index in [0.29, 0.717) is 31.5 Å². The zero-order valence-electron chi connectivity index (χ0n) is 17.6. The Labute approximate surface area is 187 Å². The predicted molar refractivity (Wildman–Crippen MR) is 119 cm³/mol. The molecule has 7 nitrogen and oxygen atoms in total. The van der Waals surface area contributed by atoms with E-state index in [2.05, 4.69) is 17.2 Å². The van der Waals surface area contributed by atoms with Crippen molar-refractivity contribution in [2.24, 2.45) is 0 Å². The van der Waals surface area contributed by atoms with E-state index in [9.17, 15) is 17.6 Å². The van der Waals surface area contributed by atoms with E-state index in [0.717, 1.165) is 11.3 Å². The van der Waals surface area contributed by atoms with Gasteiger partial charge in [0.1, 0.15) is 17.6 Å². The molecule has 2 aromatic carbocycles. The molecule has 2 N–H and O–H groups in total. The van der Waals surface area contributed by atoms with Crippen LogP contribution in [0.4, 0.5) is 9.18 Å². The molecule has 1 saturated heterocycles. The normalized spacial score (nSPS) is 15.9. The molecule has 0 aliphatic carbocycles. The molecule has 1 fully saturated rings. The Hall–Kier alpha value is -3.09. The Balaban J connectivity index is 1.65. The summed E-state index contributed by atoms with van der Waals surface area (Å²) in [5.74, 6) is 5.30. The first-order chi connectivity index (χ1) is 15.3. The van der Waals surface area contributed by atoms with E-state index in [1.54, 1.807) is 13.2 Å². The van der Waals surface area contributed by atoms with Crippen LogP contribution in [0.3, 0.4) is 0 Å². The van der Waals surface area contributed by atoms with Crippen molar-refractivity contribution in [1.29, 1.82) is 0 Å². The molecule has 0 saturated carbocycles. The highest BCUT2D eigenvalue weighted by atomic mass is 32.2. The summed E-state index contributed by atoms with van der Waals surface area (Å²) in [6.07, 6.45) is -0.0493. The zero-order valence-corrected chi connectivity index (χ0v) is 18.4. The van der Waals surface area contributed by atoms with Gasteiger partial charge in [-0.25, -0.2) is 21.9 Å². The lowest BCUT2D eigenvalue weighted by molar-refractivity contribution is 0.193. The van der Waals surface area contributed by atoms with Crippen LogP contribution in [-0.2, 0) is 10.0 Å². The fraction of sp³-hybridized carbons (Fsp3) is 0.348.